The summed E-state index contributed by atoms with van der Waals surface area (Å²) in [5.74, 6) is 3.67. The third-order valence-electron chi connectivity index (χ3n) is 1.61. The van der Waals surface area contributed by atoms with Crippen LogP contribution in [-0.4, -0.2) is 11.7 Å². The zero-order valence-corrected chi connectivity index (χ0v) is 7.56. The van der Waals surface area contributed by atoms with Crippen LogP contribution in [0.25, 0.3) is 0 Å². The molecule has 1 aromatic carbocycles. The average molecular weight is 196 g/mol. The Morgan fingerprint density at radius 1 is 1.21 bits per heavy atom. The highest BCUT2D eigenvalue weighted by molar-refractivity contribution is 5.34. The van der Waals surface area contributed by atoms with Gasteiger partial charge in [-0.3, -0.25) is 0 Å². The summed E-state index contributed by atoms with van der Waals surface area (Å²) in [4.78, 5) is 0. The molecule has 0 saturated heterocycles. The topological polar surface area (TPSA) is 20.2 Å². The summed E-state index contributed by atoms with van der Waals surface area (Å²) in [5, 5.41) is 8.47. The summed E-state index contributed by atoms with van der Waals surface area (Å²) < 4.78 is 25.2. The second-order valence-electron chi connectivity index (χ2n) is 2.76. The lowest BCUT2D eigenvalue weighted by Crippen LogP contribution is -1.84. The molecular weight excluding hydrogens is 186 g/mol. The van der Waals surface area contributed by atoms with Crippen molar-refractivity contribution in [2.24, 2.45) is 0 Å². The first-order chi connectivity index (χ1) is 6.74. The molecule has 1 aromatic rings. The van der Waals surface area contributed by atoms with Crippen molar-refractivity contribution in [3.8, 4) is 11.8 Å². The van der Waals surface area contributed by atoms with E-state index in [0.717, 1.165) is 12.1 Å². The van der Waals surface area contributed by atoms with Crippen molar-refractivity contribution < 1.29 is 13.9 Å². The largest absolute Gasteiger partial charge is 0.396 e. The van der Waals surface area contributed by atoms with Gasteiger partial charge in [0.2, 0.25) is 0 Å². The Kier molecular flexibility index (Phi) is 4.09. The summed E-state index contributed by atoms with van der Waals surface area (Å²) in [6.07, 6.45) is 1.15. The number of hydrogen-bond acceptors (Lipinski definition) is 1. The highest BCUT2D eigenvalue weighted by atomic mass is 19.2. The monoisotopic (exact) mass is 196 g/mol. The van der Waals surface area contributed by atoms with Crippen LogP contribution in [-0.2, 0) is 0 Å². The van der Waals surface area contributed by atoms with Crippen molar-refractivity contribution in [2.45, 2.75) is 12.8 Å². The molecule has 0 amide bonds. The summed E-state index contributed by atoms with van der Waals surface area (Å²) >= 11 is 0. The van der Waals surface area contributed by atoms with Crippen molar-refractivity contribution in [1.29, 1.82) is 0 Å². The fourth-order valence-electron chi connectivity index (χ4n) is 0.906. The second-order valence-corrected chi connectivity index (χ2v) is 2.76. The van der Waals surface area contributed by atoms with Crippen LogP contribution in [0.4, 0.5) is 8.78 Å². The van der Waals surface area contributed by atoms with E-state index in [4.69, 9.17) is 5.11 Å². The molecule has 1 nitrogen and oxygen atoms in total. The number of unbranched alkanes of at least 4 members (excludes halogenated alkanes) is 1. The molecule has 3 heteroatoms. The lowest BCUT2D eigenvalue weighted by Gasteiger charge is -1.92. The van der Waals surface area contributed by atoms with E-state index in [9.17, 15) is 8.78 Å². The van der Waals surface area contributed by atoms with E-state index in [0.29, 0.717) is 18.4 Å². The maximum absolute atomic E-state index is 12.7. The van der Waals surface area contributed by atoms with Crippen LogP contribution in [0.15, 0.2) is 18.2 Å². The van der Waals surface area contributed by atoms with E-state index >= 15 is 0 Å². The molecular formula is C11H10F2O. The number of hydrogen-bond donors (Lipinski definition) is 1. The zero-order chi connectivity index (χ0) is 10.4. The van der Waals surface area contributed by atoms with Crippen molar-refractivity contribution in [1.82, 2.24) is 0 Å². The van der Waals surface area contributed by atoms with E-state index in [2.05, 4.69) is 11.8 Å². The van der Waals surface area contributed by atoms with Crippen LogP contribution in [0.3, 0.4) is 0 Å². The lowest BCUT2D eigenvalue weighted by molar-refractivity contribution is 0.290. The normalized spacial score (nSPS) is 9.36. The third-order valence-corrected chi connectivity index (χ3v) is 1.61. The highest BCUT2D eigenvalue weighted by Gasteiger charge is 1.99. The summed E-state index contributed by atoms with van der Waals surface area (Å²) in [6, 6.07) is 3.52. The summed E-state index contributed by atoms with van der Waals surface area (Å²) in [5.41, 5.74) is 0.446. The van der Waals surface area contributed by atoms with Crippen LogP contribution in [0, 0.1) is 23.5 Å². The van der Waals surface area contributed by atoms with E-state index in [-0.39, 0.29) is 6.61 Å². The van der Waals surface area contributed by atoms with Gasteiger partial charge in [0.15, 0.2) is 11.6 Å². The standard InChI is InChI=1S/C11H10F2O/c12-10-6-5-9(8-11(10)13)4-2-1-3-7-14/h5-6,8,14H,1,3,7H2. The van der Waals surface area contributed by atoms with E-state index in [1.54, 1.807) is 0 Å². The molecule has 0 unspecified atom stereocenters. The van der Waals surface area contributed by atoms with Gasteiger partial charge >= 0.3 is 0 Å². The van der Waals surface area contributed by atoms with Crippen LogP contribution < -0.4 is 0 Å². The maximum atomic E-state index is 12.7. The lowest BCUT2D eigenvalue weighted by atomic mass is 10.2. The SMILES string of the molecule is OCCCC#Cc1ccc(F)c(F)c1. The van der Waals surface area contributed by atoms with E-state index < -0.39 is 11.6 Å². The minimum atomic E-state index is -0.890. The van der Waals surface area contributed by atoms with Crippen LogP contribution >= 0.6 is 0 Å². The molecule has 0 spiro atoms. The molecule has 1 rings (SSSR count). The van der Waals surface area contributed by atoms with Gasteiger partial charge in [-0.1, -0.05) is 11.8 Å². The third kappa shape index (κ3) is 3.15. The van der Waals surface area contributed by atoms with Crippen LogP contribution in [0.1, 0.15) is 18.4 Å². The molecule has 74 valence electrons. The van der Waals surface area contributed by atoms with Crippen molar-refractivity contribution >= 4 is 0 Å². The van der Waals surface area contributed by atoms with Gasteiger partial charge in [0.1, 0.15) is 0 Å². The van der Waals surface area contributed by atoms with Crippen molar-refractivity contribution in [3.63, 3.8) is 0 Å². The van der Waals surface area contributed by atoms with Gasteiger partial charge in [0.05, 0.1) is 0 Å². The van der Waals surface area contributed by atoms with Gasteiger partial charge in [0, 0.05) is 18.6 Å². The molecule has 0 aliphatic rings. The molecule has 14 heavy (non-hydrogen) atoms. The molecule has 0 aliphatic carbocycles. The van der Waals surface area contributed by atoms with Crippen molar-refractivity contribution in [3.05, 3.63) is 35.4 Å². The number of halogens is 2. The predicted octanol–water partition coefficient (Wildman–Crippen LogP) is 2.09. The number of rotatable bonds is 2. The van der Waals surface area contributed by atoms with Gasteiger partial charge in [-0.05, 0) is 24.6 Å². The van der Waals surface area contributed by atoms with E-state index in [1.165, 1.54) is 6.07 Å². The molecule has 0 radical (unpaired) electrons. The Morgan fingerprint density at radius 2 is 2.00 bits per heavy atom. The fourth-order valence-corrected chi connectivity index (χ4v) is 0.906. The Morgan fingerprint density at radius 3 is 2.64 bits per heavy atom. The number of aliphatic hydroxyl groups is 1. The van der Waals surface area contributed by atoms with Gasteiger partial charge in [-0.25, -0.2) is 8.78 Å². The Balaban J connectivity index is 2.66. The summed E-state index contributed by atoms with van der Waals surface area (Å²) in [6.45, 7) is 0.0897. The quantitative estimate of drug-likeness (QED) is 0.567. The van der Waals surface area contributed by atoms with E-state index in [1.807, 2.05) is 0 Å². The molecule has 0 aromatic heterocycles. The first-order valence-corrected chi connectivity index (χ1v) is 4.29. The Hall–Kier alpha value is -1.40. The average Bonchev–Trinajstić information content (AvgIpc) is 2.18. The van der Waals surface area contributed by atoms with Gasteiger partial charge in [0.25, 0.3) is 0 Å². The van der Waals surface area contributed by atoms with Gasteiger partial charge < -0.3 is 5.11 Å². The highest BCUT2D eigenvalue weighted by Crippen LogP contribution is 2.07. The summed E-state index contributed by atoms with van der Waals surface area (Å²) in [7, 11) is 0. The van der Waals surface area contributed by atoms with Crippen LogP contribution in [0.2, 0.25) is 0 Å². The van der Waals surface area contributed by atoms with Crippen LogP contribution in [0.5, 0.6) is 0 Å². The first kappa shape index (κ1) is 10.7. The molecule has 0 atom stereocenters. The van der Waals surface area contributed by atoms with Crippen molar-refractivity contribution in [2.75, 3.05) is 6.61 Å². The zero-order valence-electron chi connectivity index (χ0n) is 7.56. The molecule has 1 N–H and O–H groups in total. The Labute approximate surface area is 81.4 Å². The van der Waals surface area contributed by atoms with Gasteiger partial charge in [-0.2, -0.15) is 0 Å². The second kappa shape index (κ2) is 5.36. The Bertz CT molecular complexity index is 363. The molecule has 0 aliphatic heterocycles. The molecule has 0 heterocycles. The maximum Gasteiger partial charge on any atom is 0.160 e. The molecule has 0 fully saturated rings. The fraction of sp³-hybridized carbons (Fsp3) is 0.273. The smallest absolute Gasteiger partial charge is 0.160 e. The molecule has 0 bridgehead atoms. The number of aliphatic hydroxyl groups excluding tert-OH is 1. The minimum absolute atomic E-state index is 0.0897. The minimum Gasteiger partial charge on any atom is -0.396 e. The first-order valence-electron chi connectivity index (χ1n) is 4.29. The molecule has 0 saturated carbocycles. The predicted molar refractivity (Wildman–Crippen MR) is 49.6 cm³/mol. The van der Waals surface area contributed by atoms with Gasteiger partial charge in [-0.15, -0.1) is 0 Å². The number of benzene rings is 1.